The van der Waals surface area contributed by atoms with Crippen LogP contribution in [0, 0.1) is 32.1 Å². The smallest absolute Gasteiger partial charge is 0.123 e. The van der Waals surface area contributed by atoms with Gasteiger partial charge in [-0.3, -0.25) is 0 Å². The molecule has 0 aliphatic carbocycles. The van der Waals surface area contributed by atoms with Crippen LogP contribution in [0.1, 0.15) is 33.7 Å². The third kappa shape index (κ3) is 3.44. The van der Waals surface area contributed by atoms with Crippen molar-refractivity contribution in [2.45, 2.75) is 33.1 Å². The molecule has 0 spiro atoms. The molecule has 0 heterocycles. The van der Waals surface area contributed by atoms with E-state index >= 15 is 0 Å². The van der Waals surface area contributed by atoms with Gasteiger partial charge in [-0.05, 0) is 44.4 Å². The Morgan fingerprint density at radius 1 is 1.05 bits per heavy atom. The van der Waals surface area contributed by atoms with Gasteiger partial charge in [-0.2, -0.15) is 5.26 Å². The van der Waals surface area contributed by atoms with Crippen LogP contribution in [0.25, 0.3) is 0 Å². The summed E-state index contributed by atoms with van der Waals surface area (Å²) in [5, 5.41) is 9.61. The molecule has 0 saturated heterocycles. The molecule has 0 fully saturated rings. The van der Waals surface area contributed by atoms with Crippen LogP contribution in [-0.4, -0.2) is 7.11 Å². The van der Waals surface area contributed by atoms with Crippen molar-refractivity contribution in [1.29, 1.82) is 5.26 Å². The minimum absolute atomic E-state index is 0.194. The van der Waals surface area contributed by atoms with E-state index < -0.39 is 0 Å². The molecule has 2 aromatic carbocycles. The van der Waals surface area contributed by atoms with Crippen LogP contribution in [0.3, 0.4) is 0 Å². The van der Waals surface area contributed by atoms with Gasteiger partial charge in [0.15, 0.2) is 0 Å². The molecule has 1 atom stereocenters. The van der Waals surface area contributed by atoms with Gasteiger partial charge >= 0.3 is 0 Å². The number of methoxy groups -OCH3 is 1. The number of rotatable bonds is 4. The Morgan fingerprint density at radius 3 is 2.38 bits per heavy atom. The predicted molar refractivity (Wildman–Crippen MR) is 85.7 cm³/mol. The standard InChI is InChI=1S/C19H21NO/c1-13-5-7-15(3)16(9-13)11-17(12-20)18-10-14(2)6-8-19(18)21-4/h5-10,17H,11H2,1-4H3. The van der Waals surface area contributed by atoms with Crippen molar-refractivity contribution in [1.82, 2.24) is 0 Å². The van der Waals surface area contributed by atoms with Crippen molar-refractivity contribution in [2.75, 3.05) is 7.11 Å². The molecule has 2 rings (SSSR count). The summed E-state index contributed by atoms with van der Waals surface area (Å²) in [5.74, 6) is 0.595. The quantitative estimate of drug-likeness (QED) is 0.827. The Labute approximate surface area is 127 Å². The predicted octanol–water partition coefficient (Wildman–Crippen LogP) is 4.47. The number of aryl methyl sites for hydroxylation is 3. The first-order valence-corrected chi connectivity index (χ1v) is 7.15. The zero-order chi connectivity index (χ0) is 15.4. The monoisotopic (exact) mass is 279 g/mol. The third-order valence-electron chi connectivity index (χ3n) is 3.85. The van der Waals surface area contributed by atoms with Gasteiger partial charge in [-0.25, -0.2) is 0 Å². The lowest BCUT2D eigenvalue weighted by Crippen LogP contribution is -2.05. The highest BCUT2D eigenvalue weighted by Gasteiger charge is 2.17. The van der Waals surface area contributed by atoms with Crippen molar-refractivity contribution in [3.63, 3.8) is 0 Å². The van der Waals surface area contributed by atoms with Gasteiger partial charge in [0.1, 0.15) is 5.75 Å². The van der Waals surface area contributed by atoms with E-state index in [2.05, 4.69) is 44.2 Å². The minimum atomic E-state index is -0.194. The molecule has 2 nitrogen and oxygen atoms in total. The van der Waals surface area contributed by atoms with Crippen molar-refractivity contribution in [2.24, 2.45) is 0 Å². The lowest BCUT2D eigenvalue weighted by Gasteiger charge is -2.16. The van der Waals surface area contributed by atoms with Gasteiger partial charge in [-0.15, -0.1) is 0 Å². The molecule has 21 heavy (non-hydrogen) atoms. The fraction of sp³-hybridized carbons (Fsp3) is 0.316. The highest BCUT2D eigenvalue weighted by atomic mass is 16.5. The highest BCUT2D eigenvalue weighted by Crippen LogP contribution is 2.30. The van der Waals surface area contributed by atoms with Crippen LogP contribution in [0.15, 0.2) is 36.4 Å². The average molecular weight is 279 g/mol. The van der Waals surface area contributed by atoms with Crippen molar-refractivity contribution in [3.8, 4) is 11.8 Å². The zero-order valence-corrected chi connectivity index (χ0v) is 13.1. The van der Waals surface area contributed by atoms with E-state index in [1.165, 1.54) is 16.7 Å². The molecule has 108 valence electrons. The fourth-order valence-corrected chi connectivity index (χ4v) is 2.59. The molecule has 1 unspecified atom stereocenters. The Morgan fingerprint density at radius 2 is 1.71 bits per heavy atom. The summed E-state index contributed by atoms with van der Waals surface area (Å²) in [5.41, 5.74) is 5.80. The average Bonchev–Trinajstić information content (AvgIpc) is 2.48. The SMILES string of the molecule is COc1ccc(C)cc1C(C#N)Cc1cc(C)ccc1C. The van der Waals surface area contributed by atoms with E-state index in [1.807, 2.05) is 19.1 Å². The molecule has 0 aliphatic rings. The number of nitriles is 1. The Balaban J connectivity index is 2.39. The van der Waals surface area contributed by atoms with Crippen LogP contribution in [0.4, 0.5) is 0 Å². The molecule has 0 aromatic heterocycles. The van der Waals surface area contributed by atoms with E-state index in [4.69, 9.17) is 4.74 Å². The molecule has 2 heteroatoms. The van der Waals surface area contributed by atoms with E-state index in [-0.39, 0.29) is 5.92 Å². The van der Waals surface area contributed by atoms with Crippen LogP contribution >= 0.6 is 0 Å². The lowest BCUT2D eigenvalue weighted by atomic mass is 9.89. The summed E-state index contributed by atoms with van der Waals surface area (Å²) < 4.78 is 5.42. The molecule has 0 amide bonds. The van der Waals surface area contributed by atoms with Crippen molar-refractivity contribution < 1.29 is 4.74 Å². The topological polar surface area (TPSA) is 33.0 Å². The second-order valence-corrected chi connectivity index (χ2v) is 5.56. The Kier molecular flexibility index (Phi) is 4.65. The van der Waals surface area contributed by atoms with Crippen LogP contribution in [0.2, 0.25) is 0 Å². The number of hydrogen-bond donors (Lipinski definition) is 0. The van der Waals surface area contributed by atoms with Gasteiger partial charge in [-0.1, -0.05) is 41.5 Å². The van der Waals surface area contributed by atoms with Gasteiger partial charge in [0.25, 0.3) is 0 Å². The van der Waals surface area contributed by atoms with Crippen LogP contribution < -0.4 is 4.74 Å². The number of nitrogens with zero attached hydrogens (tertiary/aromatic N) is 1. The maximum absolute atomic E-state index is 9.61. The minimum Gasteiger partial charge on any atom is -0.496 e. The first kappa shape index (κ1) is 15.1. The Hall–Kier alpha value is -2.27. The van der Waals surface area contributed by atoms with E-state index in [1.54, 1.807) is 7.11 Å². The molecule has 0 aliphatic heterocycles. The maximum Gasteiger partial charge on any atom is 0.123 e. The largest absolute Gasteiger partial charge is 0.496 e. The van der Waals surface area contributed by atoms with Crippen LogP contribution in [0.5, 0.6) is 5.75 Å². The summed E-state index contributed by atoms with van der Waals surface area (Å²) in [7, 11) is 1.65. The van der Waals surface area contributed by atoms with Gasteiger partial charge in [0, 0.05) is 5.56 Å². The molecular formula is C19H21NO. The molecule has 0 saturated carbocycles. The number of benzene rings is 2. The zero-order valence-electron chi connectivity index (χ0n) is 13.1. The van der Waals surface area contributed by atoms with E-state index in [0.717, 1.165) is 16.9 Å². The highest BCUT2D eigenvalue weighted by molar-refractivity contribution is 5.43. The van der Waals surface area contributed by atoms with Gasteiger partial charge in [0.2, 0.25) is 0 Å². The van der Waals surface area contributed by atoms with Crippen molar-refractivity contribution >= 4 is 0 Å². The van der Waals surface area contributed by atoms with E-state index in [0.29, 0.717) is 6.42 Å². The normalized spacial score (nSPS) is 11.8. The van der Waals surface area contributed by atoms with Gasteiger partial charge in [0.05, 0.1) is 19.1 Å². The summed E-state index contributed by atoms with van der Waals surface area (Å²) in [6.07, 6.45) is 0.712. The summed E-state index contributed by atoms with van der Waals surface area (Å²) in [6, 6.07) is 14.8. The second-order valence-electron chi connectivity index (χ2n) is 5.56. The molecular weight excluding hydrogens is 258 g/mol. The number of hydrogen-bond acceptors (Lipinski definition) is 2. The van der Waals surface area contributed by atoms with Crippen LogP contribution in [-0.2, 0) is 6.42 Å². The molecule has 0 N–H and O–H groups in total. The maximum atomic E-state index is 9.61. The van der Waals surface area contributed by atoms with Gasteiger partial charge < -0.3 is 4.74 Å². The summed E-state index contributed by atoms with van der Waals surface area (Å²) in [6.45, 7) is 6.21. The lowest BCUT2D eigenvalue weighted by molar-refractivity contribution is 0.408. The summed E-state index contributed by atoms with van der Waals surface area (Å²) in [4.78, 5) is 0. The van der Waals surface area contributed by atoms with Crippen molar-refractivity contribution in [3.05, 3.63) is 64.2 Å². The first-order chi connectivity index (χ1) is 10.0. The second kappa shape index (κ2) is 6.45. The first-order valence-electron chi connectivity index (χ1n) is 7.15. The fourth-order valence-electron chi connectivity index (χ4n) is 2.59. The molecule has 0 radical (unpaired) electrons. The molecule has 0 bridgehead atoms. The third-order valence-corrected chi connectivity index (χ3v) is 3.85. The summed E-state index contributed by atoms with van der Waals surface area (Å²) >= 11 is 0. The molecule has 2 aromatic rings. The number of ether oxygens (including phenoxy) is 1. The van der Waals surface area contributed by atoms with E-state index in [9.17, 15) is 5.26 Å². The Bertz CT molecular complexity index is 682.